The van der Waals surface area contributed by atoms with Crippen LogP contribution in [0.2, 0.25) is 10.0 Å². The number of nitrogens with zero attached hydrogens (tertiary/aromatic N) is 2. The Morgan fingerprint density at radius 3 is 2.45 bits per heavy atom. The van der Waals surface area contributed by atoms with Gasteiger partial charge in [-0.2, -0.15) is 0 Å². The number of hydrogen-bond donors (Lipinski definition) is 1. The Hall–Kier alpha value is -1.32. The summed E-state index contributed by atoms with van der Waals surface area (Å²) in [5.41, 5.74) is 1.90. The molecule has 1 aromatic heterocycles. The molecule has 20 heavy (non-hydrogen) atoms. The lowest BCUT2D eigenvalue weighted by molar-refractivity contribution is 0.843. The lowest BCUT2D eigenvalue weighted by atomic mass is 10.1. The predicted molar refractivity (Wildman–Crippen MR) is 84.8 cm³/mol. The largest absolute Gasteiger partial charge is 0.373 e. The number of hydrogen-bond acceptors (Lipinski definition) is 3. The number of aromatic nitrogens is 2. The van der Waals surface area contributed by atoms with E-state index in [2.05, 4.69) is 22.2 Å². The Morgan fingerprint density at radius 2 is 1.85 bits per heavy atom. The van der Waals surface area contributed by atoms with Crippen molar-refractivity contribution >= 4 is 29.0 Å². The van der Waals surface area contributed by atoms with Gasteiger partial charge in [0, 0.05) is 35.3 Å². The number of rotatable bonds is 5. The minimum Gasteiger partial charge on any atom is -0.373 e. The molecule has 2 aromatic rings. The summed E-state index contributed by atoms with van der Waals surface area (Å²) in [5, 5.41) is 4.36. The SMILES string of the molecule is CCCc1cc(NC)nc(Cc2c(Cl)cccc2Cl)n1. The molecular formula is C15H17Cl2N3. The highest BCUT2D eigenvalue weighted by Gasteiger charge is 2.10. The van der Waals surface area contributed by atoms with Gasteiger partial charge in [-0.1, -0.05) is 42.6 Å². The molecule has 0 atom stereocenters. The Labute approximate surface area is 129 Å². The minimum atomic E-state index is 0.532. The van der Waals surface area contributed by atoms with E-state index in [0.717, 1.165) is 35.7 Å². The van der Waals surface area contributed by atoms with Crippen LogP contribution in [0.15, 0.2) is 24.3 Å². The zero-order chi connectivity index (χ0) is 14.5. The van der Waals surface area contributed by atoms with E-state index in [9.17, 15) is 0 Å². The summed E-state index contributed by atoms with van der Waals surface area (Å²) in [4.78, 5) is 9.05. The maximum atomic E-state index is 6.20. The Bertz CT molecular complexity index is 579. The third-order valence-corrected chi connectivity index (χ3v) is 3.69. The molecule has 5 heteroatoms. The van der Waals surface area contributed by atoms with Crippen molar-refractivity contribution in [2.75, 3.05) is 12.4 Å². The molecule has 0 unspecified atom stereocenters. The standard InChI is InChI=1S/C15H17Cl2N3/c1-3-5-10-8-14(18-2)20-15(19-10)9-11-12(16)6-4-7-13(11)17/h4,6-8H,3,5,9H2,1-2H3,(H,18,19,20). The van der Waals surface area contributed by atoms with Gasteiger partial charge in [-0.05, 0) is 24.1 Å². The normalized spacial score (nSPS) is 10.6. The highest BCUT2D eigenvalue weighted by atomic mass is 35.5. The van der Waals surface area contributed by atoms with E-state index in [0.29, 0.717) is 16.5 Å². The van der Waals surface area contributed by atoms with E-state index in [1.807, 2.05) is 31.3 Å². The summed E-state index contributed by atoms with van der Waals surface area (Å²) >= 11 is 12.4. The zero-order valence-electron chi connectivity index (χ0n) is 11.6. The summed E-state index contributed by atoms with van der Waals surface area (Å²) < 4.78 is 0. The minimum absolute atomic E-state index is 0.532. The van der Waals surface area contributed by atoms with Crippen molar-refractivity contribution in [2.24, 2.45) is 0 Å². The molecule has 0 saturated heterocycles. The summed E-state index contributed by atoms with van der Waals surface area (Å²) in [5.74, 6) is 1.55. The molecule has 1 N–H and O–H groups in total. The molecule has 0 saturated carbocycles. The summed E-state index contributed by atoms with van der Waals surface area (Å²) in [6.07, 6.45) is 2.51. The van der Waals surface area contributed by atoms with E-state index in [1.54, 1.807) is 0 Å². The fourth-order valence-electron chi connectivity index (χ4n) is 2.00. The highest BCUT2D eigenvalue weighted by Crippen LogP contribution is 2.26. The van der Waals surface area contributed by atoms with Gasteiger partial charge in [-0.25, -0.2) is 9.97 Å². The van der Waals surface area contributed by atoms with E-state index < -0.39 is 0 Å². The first-order chi connectivity index (χ1) is 9.63. The zero-order valence-corrected chi connectivity index (χ0v) is 13.1. The van der Waals surface area contributed by atoms with Gasteiger partial charge in [0.1, 0.15) is 11.6 Å². The van der Waals surface area contributed by atoms with Gasteiger partial charge in [-0.15, -0.1) is 0 Å². The Kier molecular flexibility index (Phi) is 5.21. The third-order valence-electron chi connectivity index (χ3n) is 2.98. The number of nitrogens with one attached hydrogen (secondary N) is 1. The summed E-state index contributed by atoms with van der Waals surface area (Å²) in [6, 6.07) is 7.47. The van der Waals surface area contributed by atoms with Gasteiger partial charge in [0.25, 0.3) is 0 Å². The molecule has 0 spiro atoms. The van der Waals surface area contributed by atoms with Gasteiger partial charge in [0.2, 0.25) is 0 Å². The van der Waals surface area contributed by atoms with Crippen LogP contribution >= 0.6 is 23.2 Å². The Balaban J connectivity index is 2.35. The van der Waals surface area contributed by atoms with Crippen molar-refractivity contribution in [3.05, 3.63) is 51.4 Å². The topological polar surface area (TPSA) is 37.8 Å². The van der Waals surface area contributed by atoms with Gasteiger partial charge in [0.05, 0.1) is 0 Å². The molecule has 0 aliphatic carbocycles. The van der Waals surface area contributed by atoms with E-state index in [1.165, 1.54) is 0 Å². The molecule has 0 amide bonds. The summed E-state index contributed by atoms with van der Waals surface area (Å²) in [6.45, 7) is 2.13. The fraction of sp³-hybridized carbons (Fsp3) is 0.333. The Morgan fingerprint density at radius 1 is 1.15 bits per heavy atom. The second-order valence-corrected chi connectivity index (χ2v) is 5.35. The maximum Gasteiger partial charge on any atom is 0.135 e. The van der Waals surface area contributed by atoms with Gasteiger partial charge < -0.3 is 5.32 Å². The van der Waals surface area contributed by atoms with E-state index in [-0.39, 0.29) is 0 Å². The fourth-order valence-corrected chi connectivity index (χ4v) is 2.53. The average Bonchev–Trinajstić information content (AvgIpc) is 2.43. The third kappa shape index (κ3) is 3.62. The van der Waals surface area contributed by atoms with Crippen molar-refractivity contribution in [3.63, 3.8) is 0 Å². The van der Waals surface area contributed by atoms with Crippen LogP contribution in [0, 0.1) is 0 Å². The van der Waals surface area contributed by atoms with Crippen LogP contribution in [0.5, 0.6) is 0 Å². The van der Waals surface area contributed by atoms with Crippen LogP contribution in [0.25, 0.3) is 0 Å². The molecule has 0 fully saturated rings. The summed E-state index contributed by atoms with van der Waals surface area (Å²) in [7, 11) is 1.85. The molecule has 106 valence electrons. The number of benzene rings is 1. The smallest absolute Gasteiger partial charge is 0.135 e. The van der Waals surface area contributed by atoms with Gasteiger partial charge in [-0.3, -0.25) is 0 Å². The van der Waals surface area contributed by atoms with Crippen LogP contribution in [0.4, 0.5) is 5.82 Å². The molecule has 0 radical (unpaired) electrons. The molecule has 0 bridgehead atoms. The predicted octanol–water partition coefficient (Wildman–Crippen LogP) is 4.37. The number of halogens is 2. The number of anilines is 1. The van der Waals surface area contributed by atoms with Gasteiger partial charge in [0.15, 0.2) is 0 Å². The monoisotopic (exact) mass is 309 g/mol. The first-order valence-corrected chi connectivity index (χ1v) is 7.37. The second kappa shape index (κ2) is 6.91. The molecule has 0 aliphatic heterocycles. The molecular weight excluding hydrogens is 293 g/mol. The van der Waals surface area contributed by atoms with Crippen LogP contribution in [-0.4, -0.2) is 17.0 Å². The molecule has 1 aromatic carbocycles. The first kappa shape index (κ1) is 15.1. The lowest BCUT2D eigenvalue weighted by Crippen LogP contribution is -2.05. The van der Waals surface area contributed by atoms with Crippen LogP contribution in [0.3, 0.4) is 0 Å². The molecule has 0 aliphatic rings. The van der Waals surface area contributed by atoms with Crippen LogP contribution in [0.1, 0.15) is 30.4 Å². The molecule has 2 rings (SSSR count). The van der Waals surface area contributed by atoms with E-state index >= 15 is 0 Å². The lowest BCUT2D eigenvalue weighted by Gasteiger charge is -2.09. The molecule has 3 nitrogen and oxygen atoms in total. The first-order valence-electron chi connectivity index (χ1n) is 6.61. The van der Waals surface area contributed by atoms with E-state index in [4.69, 9.17) is 23.2 Å². The van der Waals surface area contributed by atoms with Crippen LogP contribution < -0.4 is 5.32 Å². The van der Waals surface area contributed by atoms with Gasteiger partial charge >= 0.3 is 0 Å². The van der Waals surface area contributed by atoms with Crippen LogP contribution in [-0.2, 0) is 12.8 Å². The highest BCUT2D eigenvalue weighted by molar-refractivity contribution is 6.36. The van der Waals surface area contributed by atoms with Crippen molar-refractivity contribution < 1.29 is 0 Å². The molecule has 1 heterocycles. The van der Waals surface area contributed by atoms with Crippen molar-refractivity contribution in [1.82, 2.24) is 9.97 Å². The quantitative estimate of drug-likeness (QED) is 0.891. The average molecular weight is 310 g/mol. The van der Waals surface area contributed by atoms with Crippen molar-refractivity contribution in [2.45, 2.75) is 26.2 Å². The van der Waals surface area contributed by atoms with Crippen molar-refractivity contribution in [1.29, 1.82) is 0 Å². The maximum absolute atomic E-state index is 6.20. The van der Waals surface area contributed by atoms with Crippen molar-refractivity contribution in [3.8, 4) is 0 Å². The second-order valence-electron chi connectivity index (χ2n) is 4.54. The number of aryl methyl sites for hydroxylation is 1.